The fourth-order valence-electron chi connectivity index (χ4n) is 3.30. The maximum absolute atomic E-state index is 12.9. The summed E-state index contributed by atoms with van der Waals surface area (Å²) in [5.41, 5.74) is 0.862. The van der Waals surface area contributed by atoms with E-state index in [1.165, 1.54) is 33.8 Å². The van der Waals surface area contributed by atoms with E-state index in [4.69, 9.17) is 11.6 Å². The van der Waals surface area contributed by atoms with Gasteiger partial charge in [0, 0.05) is 54.3 Å². The summed E-state index contributed by atoms with van der Waals surface area (Å²) in [6, 6.07) is 12.1. The van der Waals surface area contributed by atoms with Crippen LogP contribution in [0, 0.1) is 10.1 Å². The monoisotopic (exact) mass is 492 g/mol. The molecule has 0 bridgehead atoms. The van der Waals surface area contributed by atoms with E-state index in [9.17, 15) is 23.3 Å². The van der Waals surface area contributed by atoms with Crippen LogP contribution in [0.3, 0.4) is 0 Å². The molecule has 4 rings (SSSR count). The van der Waals surface area contributed by atoms with Crippen molar-refractivity contribution in [3.63, 3.8) is 0 Å². The Labute approximate surface area is 193 Å². The van der Waals surface area contributed by atoms with Crippen LogP contribution in [0.2, 0.25) is 5.02 Å². The zero-order valence-corrected chi connectivity index (χ0v) is 18.9. The minimum atomic E-state index is -3.90. The van der Waals surface area contributed by atoms with Gasteiger partial charge in [-0.1, -0.05) is 29.8 Å². The lowest BCUT2D eigenvalue weighted by atomic mass is 10.2. The zero-order chi connectivity index (χ0) is 22.9. The van der Waals surface area contributed by atoms with Gasteiger partial charge in [0.1, 0.15) is 10.7 Å². The second-order valence-corrected chi connectivity index (χ2v) is 10.2. The summed E-state index contributed by atoms with van der Waals surface area (Å²) >= 11 is 7.25. The predicted octanol–water partition coefficient (Wildman–Crippen LogP) is 3.52. The number of aromatic nitrogens is 1. The van der Waals surface area contributed by atoms with Crippen molar-refractivity contribution in [2.45, 2.75) is 4.90 Å². The average Bonchev–Trinajstić information content (AvgIpc) is 3.29. The van der Waals surface area contributed by atoms with Crippen LogP contribution >= 0.6 is 22.9 Å². The predicted molar refractivity (Wildman–Crippen MR) is 120 cm³/mol. The van der Waals surface area contributed by atoms with Crippen molar-refractivity contribution in [2.24, 2.45) is 0 Å². The molecule has 2 heterocycles. The van der Waals surface area contributed by atoms with E-state index in [1.54, 1.807) is 22.4 Å². The molecule has 0 aliphatic carbocycles. The van der Waals surface area contributed by atoms with Crippen molar-refractivity contribution in [2.75, 3.05) is 26.2 Å². The van der Waals surface area contributed by atoms with Gasteiger partial charge in [0.2, 0.25) is 10.0 Å². The van der Waals surface area contributed by atoms with Gasteiger partial charge in [-0.3, -0.25) is 14.9 Å². The zero-order valence-electron chi connectivity index (χ0n) is 16.5. The summed E-state index contributed by atoms with van der Waals surface area (Å²) in [6.07, 6.45) is 0. The fourth-order valence-corrected chi connectivity index (χ4v) is 5.69. The molecule has 12 heteroatoms. The molecule has 1 aliphatic heterocycles. The number of nitro groups is 1. The topological polar surface area (TPSA) is 114 Å². The first-order valence-corrected chi connectivity index (χ1v) is 12.2. The second kappa shape index (κ2) is 8.94. The van der Waals surface area contributed by atoms with E-state index in [-0.39, 0.29) is 42.7 Å². The third-order valence-electron chi connectivity index (χ3n) is 5.01. The van der Waals surface area contributed by atoms with Crippen LogP contribution in [0.5, 0.6) is 0 Å². The highest BCUT2D eigenvalue weighted by Gasteiger charge is 2.31. The number of benzene rings is 2. The SMILES string of the molecule is O=C(c1csc(-c2ccc(Cl)cc2)n1)N1CCN(S(=O)(=O)c2cccc([N+](=O)[O-])c2)CC1. The maximum atomic E-state index is 12.9. The molecule has 1 saturated heterocycles. The molecule has 166 valence electrons. The van der Waals surface area contributed by atoms with E-state index >= 15 is 0 Å². The van der Waals surface area contributed by atoms with Crippen molar-refractivity contribution in [3.8, 4) is 10.6 Å². The van der Waals surface area contributed by atoms with Gasteiger partial charge >= 0.3 is 0 Å². The lowest BCUT2D eigenvalue weighted by molar-refractivity contribution is -0.385. The lowest BCUT2D eigenvalue weighted by Crippen LogP contribution is -2.50. The Morgan fingerprint density at radius 1 is 1.09 bits per heavy atom. The Balaban J connectivity index is 1.43. The smallest absolute Gasteiger partial charge is 0.273 e. The van der Waals surface area contributed by atoms with E-state index in [0.29, 0.717) is 15.7 Å². The summed E-state index contributed by atoms with van der Waals surface area (Å²) in [4.78, 5) is 29.0. The Hall–Kier alpha value is -2.86. The first-order valence-electron chi connectivity index (χ1n) is 9.51. The molecule has 1 fully saturated rings. The third-order valence-corrected chi connectivity index (χ3v) is 8.04. The number of thiazole rings is 1. The van der Waals surface area contributed by atoms with Gasteiger partial charge in [-0.2, -0.15) is 4.31 Å². The normalized spacial score (nSPS) is 15.0. The van der Waals surface area contributed by atoms with Gasteiger partial charge in [-0.25, -0.2) is 13.4 Å². The molecule has 2 aromatic carbocycles. The summed E-state index contributed by atoms with van der Waals surface area (Å²) in [6.45, 7) is 0.567. The van der Waals surface area contributed by atoms with Crippen LogP contribution in [-0.4, -0.2) is 59.6 Å². The highest BCUT2D eigenvalue weighted by Crippen LogP contribution is 2.26. The number of amides is 1. The summed E-state index contributed by atoms with van der Waals surface area (Å²) in [7, 11) is -3.90. The molecule has 0 N–H and O–H groups in total. The number of nitro benzene ring substituents is 1. The molecule has 9 nitrogen and oxygen atoms in total. The number of rotatable bonds is 5. The number of non-ortho nitro benzene ring substituents is 1. The van der Waals surface area contributed by atoms with E-state index in [2.05, 4.69) is 4.98 Å². The number of nitrogens with zero attached hydrogens (tertiary/aromatic N) is 4. The van der Waals surface area contributed by atoms with Crippen LogP contribution in [0.15, 0.2) is 58.8 Å². The molecule has 0 saturated carbocycles. The van der Waals surface area contributed by atoms with E-state index in [0.717, 1.165) is 11.6 Å². The molecule has 3 aromatic rings. The molecule has 1 amide bonds. The largest absolute Gasteiger partial charge is 0.335 e. The average molecular weight is 493 g/mol. The minimum Gasteiger partial charge on any atom is -0.335 e. The molecule has 0 radical (unpaired) electrons. The van der Waals surface area contributed by atoms with Crippen LogP contribution in [0.1, 0.15) is 10.5 Å². The molecular weight excluding hydrogens is 476 g/mol. The minimum absolute atomic E-state index is 0.0882. The van der Waals surface area contributed by atoms with E-state index in [1.807, 2.05) is 12.1 Å². The van der Waals surface area contributed by atoms with Gasteiger partial charge in [-0.05, 0) is 18.2 Å². The highest BCUT2D eigenvalue weighted by molar-refractivity contribution is 7.89. The Morgan fingerprint density at radius 3 is 2.44 bits per heavy atom. The second-order valence-electron chi connectivity index (χ2n) is 7.00. The van der Waals surface area contributed by atoms with Gasteiger partial charge in [-0.15, -0.1) is 11.3 Å². The summed E-state index contributed by atoms with van der Waals surface area (Å²) in [5.74, 6) is -0.270. The number of sulfonamides is 1. The highest BCUT2D eigenvalue weighted by atomic mass is 35.5. The number of carbonyl (C=O) groups excluding carboxylic acids is 1. The van der Waals surface area contributed by atoms with Gasteiger partial charge in [0.15, 0.2) is 0 Å². The molecule has 0 unspecified atom stereocenters. The first-order chi connectivity index (χ1) is 15.3. The third kappa shape index (κ3) is 4.51. The number of halogens is 1. The van der Waals surface area contributed by atoms with Crippen LogP contribution in [0.25, 0.3) is 10.6 Å². The number of piperazine rings is 1. The van der Waals surface area contributed by atoms with Gasteiger partial charge in [0.25, 0.3) is 11.6 Å². The maximum Gasteiger partial charge on any atom is 0.273 e. The Bertz CT molecular complexity index is 1270. The van der Waals surface area contributed by atoms with Gasteiger partial charge in [0.05, 0.1) is 9.82 Å². The molecule has 0 atom stereocenters. The first kappa shape index (κ1) is 22.3. The number of carbonyl (C=O) groups is 1. The van der Waals surface area contributed by atoms with E-state index < -0.39 is 14.9 Å². The lowest BCUT2D eigenvalue weighted by Gasteiger charge is -2.33. The van der Waals surface area contributed by atoms with Crippen molar-refractivity contribution >= 4 is 44.6 Å². The molecule has 1 aromatic heterocycles. The van der Waals surface area contributed by atoms with Gasteiger partial charge < -0.3 is 4.90 Å². The van der Waals surface area contributed by atoms with Crippen molar-refractivity contribution < 1.29 is 18.1 Å². The fraction of sp³-hybridized carbons (Fsp3) is 0.200. The van der Waals surface area contributed by atoms with Crippen LogP contribution in [-0.2, 0) is 10.0 Å². The molecule has 0 spiro atoms. The van der Waals surface area contributed by atoms with Crippen molar-refractivity contribution in [1.82, 2.24) is 14.2 Å². The van der Waals surface area contributed by atoms with Crippen LogP contribution in [0.4, 0.5) is 5.69 Å². The summed E-state index contributed by atoms with van der Waals surface area (Å²) in [5, 5.41) is 13.9. The molecule has 1 aliphatic rings. The summed E-state index contributed by atoms with van der Waals surface area (Å²) < 4.78 is 27.0. The van der Waals surface area contributed by atoms with Crippen LogP contribution < -0.4 is 0 Å². The Kier molecular flexibility index (Phi) is 6.24. The number of hydrogen-bond donors (Lipinski definition) is 0. The molecule has 32 heavy (non-hydrogen) atoms. The Morgan fingerprint density at radius 2 is 1.78 bits per heavy atom. The number of hydrogen-bond acceptors (Lipinski definition) is 7. The van der Waals surface area contributed by atoms with Crippen molar-refractivity contribution in [1.29, 1.82) is 0 Å². The standard InChI is InChI=1S/C20H17ClN4O5S2/c21-15-6-4-14(5-7-15)19-22-18(13-31-19)20(26)23-8-10-24(11-9-23)32(29,30)17-3-1-2-16(12-17)25(27)28/h1-7,12-13H,8-11H2. The van der Waals surface area contributed by atoms with Crippen molar-refractivity contribution in [3.05, 3.63) is 74.7 Å². The molecular formula is C20H17ClN4O5S2. The quantitative estimate of drug-likeness (QED) is 0.397.